The Morgan fingerprint density at radius 3 is 2.31 bits per heavy atom. The Kier molecular flexibility index (Phi) is 6.78. The number of rotatable bonds is 5. The molecule has 2 aromatic rings. The van der Waals surface area contributed by atoms with E-state index in [1.165, 1.54) is 4.90 Å². The number of carbonyl (C=O) groups excluding carboxylic acids is 2. The molecule has 7 heteroatoms. The zero-order valence-electron chi connectivity index (χ0n) is 18.3. The lowest BCUT2D eigenvalue weighted by molar-refractivity contribution is -0.116. The van der Waals surface area contributed by atoms with Gasteiger partial charge in [-0.05, 0) is 45.9 Å². The van der Waals surface area contributed by atoms with Gasteiger partial charge in [0.1, 0.15) is 12.4 Å². The van der Waals surface area contributed by atoms with Crippen molar-refractivity contribution in [3.8, 4) is 0 Å². The largest absolute Gasteiger partial charge is 0.330 e. The summed E-state index contributed by atoms with van der Waals surface area (Å²) in [5.41, 5.74) is 0.910. The Bertz CT molecular complexity index is 891. The topological polar surface area (TPSA) is 67.2 Å². The number of amides is 2. The van der Waals surface area contributed by atoms with Crippen LogP contribution < -0.4 is 5.32 Å². The number of benzene rings is 1. The van der Waals surface area contributed by atoms with Crippen LogP contribution in [-0.2, 0) is 15.7 Å². The van der Waals surface area contributed by atoms with Gasteiger partial charge in [-0.2, -0.15) is 5.10 Å². The summed E-state index contributed by atoms with van der Waals surface area (Å²) in [5, 5.41) is 8.12. The lowest BCUT2D eigenvalue weighted by Gasteiger charge is -2.24. The van der Waals surface area contributed by atoms with E-state index >= 15 is 0 Å². The van der Waals surface area contributed by atoms with E-state index in [9.17, 15) is 9.59 Å². The van der Waals surface area contributed by atoms with Gasteiger partial charge in [-0.15, -0.1) is 0 Å². The van der Waals surface area contributed by atoms with Crippen molar-refractivity contribution in [1.29, 1.82) is 0 Å². The fraction of sp³-hybridized carbons (Fsp3) is 0.500. The molecule has 0 aliphatic heterocycles. The zero-order valence-corrected chi connectivity index (χ0v) is 19.1. The van der Waals surface area contributed by atoms with Crippen LogP contribution in [-0.4, -0.2) is 39.6 Å². The molecule has 2 rings (SSSR count). The molecule has 1 heterocycles. The first-order valence-corrected chi connectivity index (χ1v) is 10.2. The van der Waals surface area contributed by atoms with Gasteiger partial charge in [-0.1, -0.05) is 38.4 Å². The highest BCUT2D eigenvalue weighted by atomic mass is 35.5. The summed E-state index contributed by atoms with van der Waals surface area (Å²) >= 11 is 5.99. The van der Waals surface area contributed by atoms with Crippen LogP contribution in [0.4, 0.5) is 5.82 Å². The third-order valence-corrected chi connectivity index (χ3v) is 4.69. The standard InChI is InChI=1S/C22H31ClN4O2/c1-8-26(20(29)15-10-9-11-16(23)12-15)14-19(28)24-18-13-17(21(2,3)4)25-27(18)22(5,6)7/h9-13H,8,14H2,1-7H3,(H,24,28). The number of nitrogens with one attached hydrogen (secondary N) is 1. The van der Waals surface area contributed by atoms with Crippen LogP contribution in [0.15, 0.2) is 30.3 Å². The Morgan fingerprint density at radius 1 is 1.14 bits per heavy atom. The van der Waals surface area contributed by atoms with Crippen LogP contribution in [0.1, 0.15) is 64.5 Å². The zero-order chi connectivity index (χ0) is 22.0. The number of likely N-dealkylation sites (N-methyl/N-ethyl adjacent to an activating group) is 1. The van der Waals surface area contributed by atoms with Crippen molar-refractivity contribution in [1.82, 2.24) is 14.7 Å². The van der Waals surface area contributed by atoms with Gasteiger partial charge in [-0.3, -0.25) is 9.59 Å². The van der Waals surface area contributed by atoms with Crippen LogP contribution in [0, 0.1) is 0 Å². The molecule has 0 aliphatic carbocycles. The second-order valence-electron chi connectivity index (χ2n) is 9.13. The molecule has 29 heavy (non-hydrogen) atoms. The van der Waals surface area contributed by atoms with Gasteiger partial charge in [0.05, 0.1) is 11.2 Å². The van der Waals surface area contributed by atoms with E-state index in [0.29, 0.717) is 22.9 Å². The van der Waals surface area contributed by atoms with Gasteiger partial charge in [0.2, 0.25) is 5.91 Å². The summed E-state index contributed by atoms with van der Waals surface area (Å²) in [4.78, 5) is 27.0. The Balaban J connectivity index is 2.21. The highest BCUT2D eigenvalue weighted by Crippen LogP contribution is 2.28. The van der Waals surface area contributed by atoms with Crippen LogP contribution in [0.3, 0.4) is 0 Å². The SMILES string of the molecule is CCN(CC(=O)Nc1cc(C(C)(C)C)nn1C(C)(C)C)C(=O)c1cccc(Cl)c1. The monoisotopic (exact) mass is 418 g/mol. The van der Waals surface area contributed by atoms with Crippen LogP contribution in [0.5, 0.6) is 0 Å². The quantitative estimate of drug-likeness (QED) is 0.765. The molecular weight excluding hydrogens is 388 g/mol. The van der Waals surface area contributed by atoms with E-state index in [-0.39, 0.29) is 29.3 Å². The molecule has 2 amide bonds. The van der Waals surface area contributed by atoms with E-state index in [1.54, 1.807) is 24.3 Å². The molecule has 0 spiro atoms. The highest BCUT2D eigenvalue weighted by molar-refractivity contribution is 6.31. The summed E-state index contributed by atoms with van der Waals surface area (Å²) in [7, 11) is 0. The summed E-state index contributed by atoms with van der Waals surface area (Å²) < 4.78 is 1.82. The predicted octanol–water partition coefficient (Wildman–Crippen LogP) is 4.69. The minimum absolute atomic E-state index is 0.0536. The minimum Gasteiger partial charge on any atom is -0.330 e. The van der Waals surface area contributed by atoms with Crippen LogP contribution in [0.25, 0.3) is 0 Å². The number of carbonyl (C=O) groups is 2. The van der Waals surface area contributed by atoms with Crippen LogP contribution in [0.2, 0.25) is 5.02 Å². The van der Waals surface area contributed by atoms with Gasteiger partial charge in [-0.25, -0.2) is 4.68 Å². The molecule has 158 valence electrons. The second-order valence-corrected chi connectivity index (χ2v) is 9.56. The molecular formula is C22H31ClN4O2. The third-order valence-electron chi connectivity index (χ3n) is 4.46. The molecule has 0 bridgehead atoms. The van der Waals surface area contributed by atoms with E-state index < -0.39 is 0 Å². The molecule has 6 nitrogen and oxygen atoms in total. The van der Waals surface area contributed by atoms with Gasteiger partial charge in [0.25, 0.3) is 5.91 Å². The van der Waals surface area contributed by atoms with Crippen molar-refractivity contribution in [2.24, 2.45) is 0 Å². The number of hydrogen-bond acceptors (Lipinski definition) is 3. The average molecular weight is 419 g/mol. The molecule has 0 radical (unpaired) electrons. The van der Waals surface area contributed by atoms with Gasteiger partial charge >= 0.3 is 0 Å². The maximum Gasteiger partial charge on any atom is 0.254 e. The Hall–Kier alpha value is -2.34. The minimum atomic E-state index is -0.298. The summed E-state index contributed by atoms with van der Waals surface area (Å²) in [6.45, 7) is 14.5. The van der Waals surface area contributed by atoms with E-state index in [4.69, 9.17) is 16.7 Å². The number of hydrogen-bond donors (Lipinski definition) is 1. The molecule has 0 unspecified atom stereocenters. The average Bonchev–Trinajstić information content (AvgIpc) is 3.03. The van der Waals surface area contributed by atoms with E-state index in [0.717, 1.165) is 5.69 Å². The fourth-order valence-electron chi connectivity index (χ4n) is 2.84. The third kappa shape index (κ3) is 5.82. The molecule has 1 aromatic carbocycles. The van der Waals surface area contributed by atoms with Crippen molar-refractivity contribution < 1.29 is 9.59 Å². The normalized spacial score (nSPS) is 12.0. The van der Waals surface area contributed by atoms with Gasteiger partial charge in [0.15, 0.2) is 0 Å². The fourth-order valence-corrected chi connectivity index (χ4v) is 3.03. The Labute approximate surface area is 178 Å². The van der Waals surface area contributed by atoms with Crippen molar-refractivity contribution in [3.05, 3.63) is 46.6 Å². The number of halogens is 1. The first kappa shape index (κ1) is 22.9. The van der Waals surface area contributed by atoms with Gasteiger partial charge < -0.3 is 10.2 Å². The highest BCUT2D eigenvalue weighted by Gasteiger charge is 2.26. The first-order chi connectivity index (χ1) is 13.3. The lowest BCUT2D eigenvalue weighted by Crippen LogP contribution is -2.38. The maximum atomic E-state index is 12.8. The maximum absolute atomic E-state index is 12.8. The lowest BCUT2D eigenvalue weighted by atomic mass is 9.92. The predicted molar refractivity (Wildman–Crippen MR) is 118 cm³/mol. The molecule has 1 N–H and O–H groups in total. The van der Waals surface area contributed by atoms with Crippen molar-refractivity contribution in [3.63, 3.8) is 0 Å². The smallest absolute Gasteiger partial charge is 0.254 e. The van der Waals surface area contributed by atoms with Gasteiger partial charge in [0, 0.05) is 28.6 Å². The first-order valence-electron chi connectivity index (χ1n) is 9.78. The van der Waals surface area contributed by atoms with Crippen molar-refractivity contribution >= 4 is 29.2 Å². The molecule has 0 atom stereocenters. The Morgan fingerprint density at radius 2 is 1.79 bits per heavy atom. The van der Waals surface area contributed by atoms with Crippen molar-refractivity contribution in [2.75, 3.05) is 18.4 Å². The number of nitrogens with zero attached hydrogens (tertiary/aromatic N) is 3. The number of anilines is 1. The molecule has 0 saturated heterocycles. The summed E-state index contributed by atoms with van der Waals surface area (Å²) in [6.07, 6.45) is 0. The summed E-state index contributed by atoms with van der Waals surface area (Å²) in [5.74, 6) is 0.122. The summed E-state index contributed by atoms with van der Waals surface area (Å²) in [6, 6.07) is 8.63. The molecule has 0 saturated carbocycles. The van der Waals surface area contributed by atoms with Crippen LogP contribution >= 0.6 is 11.6 Å². The van der Waals surface area contributed by atoms with Crippen molar-refractivity contribution in [2.45, 2.75) is 59.4 Å². The molecule has 0 aliphatic rings. The molecule has 0 fully saturated rings. The number of aromatic nitrogens is 2. The van der Waals surface area contributed by atoms with E-state index in [2.05, 4.69) is 26.1 Å². The second kappa shape index (κ2) is 8.57. The molecule has 1 aromatic heterocycles. The van der Waals surface area contributed by atoms with E-state index in [1.807, 2.05) is 38.4 Å².